The Kier molecular flexibility index (Phi) is 2.70. The average Bonchev–Trinajstić information content (AvgIpc) is 2.19. The van der Waals surface area contributed by atoms with Gasteiger partial charge in [0.2, 0.25) is 5.91 Å². The molecule has 1 aliphatic rings. The highest BCUT2D eigenvalue weighted by Gasteiger charge is 2.19. The third kappa shape index (κ3) is 2.05. The molecule has 1 heterocycles. The molecular formula is C10H10ClNO2. The maximum atomic E-state index is 11.1. The van der Waals surface area contributed by atoms with Crippen molar-refractivity contribution in [1.29, 1.82) is 0 Å². The van der Waals surface area contributed by atoms with Gasteiger partial charge in [-0.3, -0.25) is 4.79 Å². The predicted octanol–water partition coefficient (Wildman–Crippen LogP) is 1.53. The van der Waals surface area contributed by atoms with E-state index in [1.807, 2.05) is 12.1 Å². The van der Waals surface area contributed by atoms with Gasteiger partial charge in [-0.05, 0) is 17.7 Å². The van der Waals surface area contributed by atoms with E-state index in [-0.39, 0.29) is 18.6 Å². The van der Waals surface area contributed by atoms with E-state index in [4.69, 9.17) is 16.3 Å². The van der Waals surface area contributed by atoms with Crippen LogP contribution in [0.3, 0.4) is 0 Å². The van der Waals surface area contributed by atoms with Crippen molar-refractivity contribution < 1.29 is 9.53 Å². The second kappa shape index (κ2) is 3.98. The monoisotopic (exact) mass is 211 g/mol. The predicted molar refractivity (Wildman–Crippen MR) is 53.2 cm³/mol. The number of benzene rings is 1. The first kappa shape index (κ1) is 9.49. The van der Waals surface area contributed by atoms with Crippen LogP contribution in [0.1, 0.15) is 11.6 Å². The van der Waals surface area contributed by atoms with E-state index in [1.54, 1.807) is 12.1 Å². The van der Waals surface area contributed by atoms with Gasteiger partial charge in [0.05, 0.1) is 12.6 Å². The standard InChI is InChI=1S/C10H10ClNO2/c11-8-3-1-7(2-4-8)9-5-14-6-10(13)12-9/h1-4,9H,5-6H2,(H,12,13)/t9-/m0/s1. The molecule has 1 saturated heterocycles. The molecule has 1 N–H and O–H groups in total. The SMILES string of the molecule is O=C1COC[C@@H](c2ccc(Cl)cc2)N1. The zero-order valence-corrected chi connectivity index (χ0v) is 8.25. The van der Waals surface area contributed by atoms with Crippen molar-refractivity contribution in [2.75, 3.05) is 13.2 Å². The molecule has 1 aliphatic heterocycles. The Labute approximate surface area is 87.0 Å². The molecule has 0 aromatic heterocycles. The number of amides is 1. The fraction of sp³-hybridized carbons (Fsp3) is 0.300. The number of morpholine rings is 1. The minimum absolute atomic E-state index is 0.0477. The van der Waals surface area contributed by atoms with Crippen LogP contribution in [0.4, 0.5) is 0 Å². The lowest BCUT2D eigenvalue weighted by molar-refractivity contribution is -0.131. The van der Waals surface area contributed by atoms with E-state index < -0.39 is 0 Å². The molecular weight excluding hydrogens is 202 g/mol. The zero-order chi connectivity index (χ0) is 9.97. The molecule has 0 radical (unpaired) electrons. The smallest absolute Gasteiger partial charge is 0.246 e. The molecule has 14 heavy (non-hydrogen) atoms. The molecule has 0 unspecified atom stereocenters. The van der Waals surface area contributed by atoms with E-state index in [9.17, 15) is 4.79 Å². The molecule has 1 amide bonds. The van der Waals surface area contributed by atoms with Crippen LogP contribution in [0.25, 0.3) is 0 Å². The summed E-state index contributed by atoms with van der Waals surface area (Å²) in [6.45, 7) is 0.678. The van der Waals surface area contributed by atoms with Crippen molar-refractivity contribution in [3.05, 3.63) is 34.9 Å². The van der Waals surface area contributed by atoms with Crippen LogP contribution in [0.5, 0.6) is 0 Å². The molecule has 0 aliphatic carbocycles. The van der Waals surface area contributed by atoms with Crippen LogP contribution in [-0.2, 0) is 9.53 Å². The minimum atomic E-state index is -0.0730. The summed E-state index contributed by atoms with van der Waals surface area (Å²) < 4.78 is 5.13. The molecule has 0 saturated carbocycles. The highest BCUT2D eigenvalue weighted by atomic mass is 35.5. The van der Waals surface area contributed by atoms with Crippen molar-refractivity contribution in [3.8, 4) is 0 Å². The van der Waals surface area contributed by atoms with E-state index in [2.05, 4.69) is 5.32 Å². The summed E-state index contributed by atoms with van der Waals surface area (Å²) in [5.74, 6) is -0.0730. The van der Waals surface area contributed by atoms with E-state index in [0.717, 1.165) is 5.56 Å². The molecule has 0 bridgehead atoms. The number of halogens is 1. The Hall–Kier alpha value is -1.06. The van der Waals surface area contributed by atoms with Crippen molar-refractivity contribution in [2.45, 2.75) is 6.04 Å². The molecule has 0 spiro atoms. The van der Waals surface area contributed by atoms with Crippen molar-refractivity contribution >= 4 is 17.5 Å². The summed E-state index contributed by atoms with van der Waals surface area (Å²) in [7, 11) is 0. The molecule has 3 nitrogen and oxygen atoms in total. The van der Waals surface area contributed by atoms with Gasteiger partial charge in [0.15, 0.2) is 0 Å². The average molecular weight is 212 g/mol. The number of nitrogens with one attached hydrogen (secondary N) is 1. The Balaban J connectivity index is 2.14. The second-order valence-corrected chi connectivity index (χ2v) is 3.62. The van der Waals surface area contributed by atoms with Gasteiger partial charge in [0.25, 0.3) is 0 Å². The Morgan fingerprint density at radius 3 is 2.71 bits per heavy atom. The van der Waals surface area contributed by atoms with Gasteiger partial charge in [0.1, 0.15) is 6.61 Å². The topological polar surface area (TPSA) is 38.3 Å². The number of rotatable bonds is 1. The van der Waals surface area contributed by atoms with Gasteiger partial charge in [-0.25, -0.2) is 0 Å². The summed E-state index contributed by atoms with van der Waals surface area (Å²) in [6.07, 6.45) is 0. The summed E-state index contributed by atoms with van der Waals surface area (Å²) in [5, 5.41) is 3.54. The van der Waals surface area contributed by atoms with E-state index in [0.29, 0.717) is 11.6 Å². The van der Waals surface area contributed by atoms with Crippen LogP contribution in [0.2, 0.25) is 5.02 Å². The first-order valence-corrected chi connectivity index (χ1v) is 4.76. The third-order valence-electron chi connectivity index (χ3n) is 2.13. The quantitative estimate of drug-likeness (QED) is 0.765. The van der Waals surface area contributed by atoms with Crippen LogP contribution in [0, 0.1) is 0 Å². The number of carbonyl (C=O) groups is 1. The first-order chi connectivity index (χ1) is 6.75. The Morgan fingerprint density at radius 1 is 1.36 bits per heavy atom. The minimum Gasteiger partial charge on any atom is -0.369 e. The fourth-order valence-corrected chi connectivity index (χ4v) is 1.55. The summed E-state index contributed by atoms with van der Waals surface area (Å²) >= 11 is 5.76. The van der Waals surface area contributed by atoms with Gasteiger partial charge in [-0.2, -0.15) is 0 Å². The van der Waals surface area contributed by atoms with Crippen LogP contribution in [-0.4, -0.2) is 19.1 Å². The summed E-state index contributed by atoms with van der Waals surface area (Å²) in [4.78, 5) is 11.1. The maximum absolute atomic E-state index is 11.1. The van der Waals surface area contributed by atoms with Gasteiger partial charge in [0, 0.05) is 5.02 Å². The number of hydrogen-bond acceptors (Lipinski definition) is 2. The van der Waals surface area contributed by atoms with Crippen molar-refractivity contribution in [2.24, 2.45) is 0 Å². The third-order valence-corrected chi connectivity index (χ3v) is 2.38. The largest absolute Gasteiger partial charge is 0.369 e. The zero-order valence-electron chi connectivity index (χ0n) is 7.50. The van der Waals surface area contributed by atoms with E-state index in [1.165, 1.54) is 0 Å². The molecule has 2 rings (SSSR count). The first-order valence-electron chi connectivity index (χ1n) is 4.38. The van der Waals surface area contributed by atoms with Gasteiger partial charge >= 0.3 is 0 Å². The Morgan fingerprint density at radius 2 is 2.07 bits per heavy atom. The molecule has 4 heteroatoms. The van der Waals surface area contributed by atoms with Crippen molar-refractivity contribution in [1.82, 2.24) is 5.32 Å². The van der Waals surface area contributed by atoms with Crippen LogP contribution < -0.4 is 5.32 Å². The highest BCUT2D eigenvalue weighted by Crippen LogP contribution is 2.18. The molecule has 1 aromatic carbocycles. The Bertz CT molecular complexity index is 336. The lowest BCUT2D eigenvalue weighted by atomic mass is 10.1. The lowest BCUT2D eigenvalue weighted by Crippen LogP contribution is -2.39. The van der Waals surface area contributed by atoms with E-state index >= 15 is 0 Å². The highest BCUT2D eigenvalue weighted by molar-refractivity contribution is 6.30. The van der Waals surface area contributed by atoms with Crippen molar-refractivity contribution in [3.63, 3.8) is 0 Å². The molecule has 74 valence electrons. The molecule has 1 fully saturated rings. The number of ether oxygens (including phenoxy) is 1. The lowest BCUT2D eigenvalue weighted by Gasteiger charge is -2.23. The summed E-state index contributed by atoms with van der Waals surface area (Å²) in [5.41, 5.74) is 1.02. The normalized spacial score (nSPS) is 21.8. The molecule has 1 atom stereocenters. The molecule has 1 aromatic rings. The van der Waals surface area contributed by atoms with Gasteiger partial charge in [-0.15, -0.1) is 0 Å². The number of carbonyl (C=O) groups excluding carboxylic acids is 1. The van der Waals surface area contributed by atoms with Crippen LogP contribution in [0.15, 0.2) is 24.3 Å². The number of hydrogen-bond donors (Lipinski definition) is 1. The van der Waals surface area contributed by atoms with Gasteiger partial charge in [-0.1, -0.05) is 23.7 Å². The second-order valence-electron chi connectivity index (χ2n) is 3.19. The van der Waals surface area contributed by atoms with Crippen LogP contribution >= 0.6 is 11.6 Å². The maximum Gasteiger partial charge on any atom is 0.246 e. The fourth-order valence-electron chi connectivity index (χ4n) is 1.42. The van der Waals surface area contributed by atoms with Gasteiger partial charge < -0.3 is 10.1 Å². The summed E-state index contributed by atoms with van der Waals surface area (Å²) in [6, 6.07) is 7.34.